The van der Waals surface area contributed by atoms with Gasteiger partial charge in [-0.3, -0.25) is 4.68 Å². The molecule has 0 saturated heterocycles. The molecule has 0 spiro atoms. The van der Waals surface area contributed by atoms with Gasteiger partial charge in [-0.05, 0) is 32.3 Å². The van der Waals surface area contributed by atoms with Crippen molar-refractivity contribution >= 4 is 10.0 Å². The highest BCUT2D eigenvalue weighted by atomic mass is 32.2. The van der Waals surface area contributed by atoms with Crippen LogP contribution in [0.5, 0.6) is 0 Å². The average Bonchev–Trinajstić information content (AvgIpc) is 2.99. The smallest absolute Gasteiger partial charge is 0.243 e. The van der Waals surface area contributed by atoms with Gasteiger partial charge in [-0.25, -0.2) is 13.1 Å². The van der Waals surface area contributed by atoms with Crippen molar-refractivity contribution in [3.05, 3.63) is 47.8 Å². The summed E-state index contributed by atoms with van der Waals surface area (Å²) < 4.78 is 30.0. The van der Waals surface area contributed by atoms with Crippen LogP contribution in [0.15, 0.2) is 41.4 Å². The van der Waals surface area contributed by atoms with E-state index in [-0.39, 0.29) is 16.4 Å². The van der Waals surface area contributed by atoms with Crippen molar-refractivity contribution in [3.8, 4) is 0 Å². The molecule has 0 atom stereocenters. The van der Waals surface area contributed by atoms with Crippen molar-refractivity contribution < 1.29 is 8.42 Å². The van der Waals surface area contributed by atoms with E-state index in [4.69, 9.17) is 0 Å². The zero-order valence-corrected chi connectivity index (χ0v) is 16.6. The van der Waals surface area contributed by atoms with E-state index in [1.54, 1.807) is 10.9 Å². The minimum atomic E-state index is -3.57. The Hall–Kier alpha value is -1.66. The second-order valence-corrected chi connectivity index (χ2v) is 9.39. The summed E-state index contributed by atoms with van der Waals surface area (Å²) in [6.07, 6.45) is 3.25. The molecule has 0 aliphatic heterocycles. The molecule has 0 unspecified atom stereocenters. The molecule has 25 heavy (non-hydrogen) atoms. The Morgan fingerprint density at radius 3 is 2.36 bits per heavy atom. The van der Waals surface area contributed by atoms with Crippen LogP contribution in [0.2, 0.25) is 0 Å². The van der Waals surface area contributed by atoms with E-state index >= 15 is 0 Å². The fraction of sp³-hybridized carbons (Fsp3) is 0.526. The molecule has 0 saturated carbocycles. The molecule has 1 heterocycles. The summed E-state index contributed by atoms with van der Waals surface area (Å²) in [7, 11) is -3.57. The molecule has 5 nitrogen and oxygen atoms in total. The molecular formula is C19H29N3O2S. The fourth-order valence-corrected chi connectivity index (χ4v) is 3.99. The molecule has 2 aromatic rings. The van der Waals surface area contributed by atoms with E-state index in [0.717, 1.165) is 12.8 Å². The number of nitrogens with zero attached hydrogens (tertiary/aromatic N) is 2. The zero-order valence-electron chi connectivity index (χ0n) is 15.8. The Labute approximate surface area is 151 Å². The molecule has 2 rings (SSSR count). The fourth-order valence-electron chi connectivity index (χ4n) is 2.58. The second-order valence-electron chi connectivity index (χ2n) is 7.65. The van der Waals surface area contributed by atoms with Gasteiger partial charge in [-0.15, -0.1) is 0 Å². The molecule has 0 bridgehead atoms. The third-order valence-corrected chi connectivity index (χ3v) is 5.47. The van der Waals surface area contributed by atoms with Crippen LogP contribution >= 0.6 is 0 Å². The molecule has 1 aromatic heterocycles. The zero-order chi connectivity index (χ0) is 18.7. The molecule has 0 radical (unpaired) electrons. The third-order valence-electron chi connectivity index (χ3n) is 4.00. The third kappa shape index (κ3) is 5.16. The minimum Gasteiger partial charge on any atom is -0.269 e. The summed E-state index contributed by atoms with van der Waals surface area (Å²) in [5, 5.41) is 4.52. The maximum absolute atomic E-state index is 12.8. The van der Waals surface area contributed by atoms with Crippen molar-refractivity contribution in [2.24, 2.45) is 0 Å². The molecule has 0 aliphatic carbocycles. The van der Waals surface area contributed by atoms with Crippen LogP contribution in [0.25, 0.3) is 0 Å². The van der Waals surface area contributed by atoms with Crippen molar-refractivity contribution in [3.63, 3.8) is 0 Å². The Bertz CT molecular complexity index is 788. The standard InChI is InChI=1S/C19H29N3O2S/c1-15(2)22-14-17(18(21-22)19(3,4)5)25(23,24)20-13-9-12-16-10-7-6-8-11-16/h6-8,10-11,14-15,20H,9,12-13H2,1-5H3. The lowest BCUT2D eigenvalue weighted by atomic mass is 9.92. The van der Waals surface area contributed by atoms with E-state index in [9.17, 15) is 8.42 Å². The van der Waals surface area contributed by atoms with Gasteiger partial charge in [0.15, 0.2) is 0 Å². The van der Waals surface area contributed by atoms with Crippen LogP contribution in [-0.2, 0) is 21.9 Å². The molecule has 0 amide bonds. The number of aromatic nitrogens is 2. The Morgan fingerprint density at radius 2 is 1.80 bits per heavy atom. The lowest BCUT2D eigenvalue weighted by molar-refractivity contribution is 0.493. The Morgan fingerprint density at radius 1 is 1.16 bits per heavy atom. The van der Waals surface area contributed by atoms with E-state index in [1.165, 1.54) is 5.56 Å². The quantitative estimate of drug-likeness (QED) is 0.763. The number of benzene rings is 1. The van der Waals surface area contributed by atoms with Crippen molar-refractivity contribution in [2.45, 2.75) is 63.8 Å². The van der Waals surface area contributed by atoms with Gasteiger partial charge in [-0.1, -0.05) is 51.1 Å². The topological polar surface area (TPSA) is 64.0 Å². The van der Waals surface area contributed by atoms with Crippen LogP contribution in [0.1, 0.15) is 58.3 Å². The van der Waals surface area contributed by atoms with Gasteiger partial charge in [0.2, 0.25) is 10.0 Å². The minimum absolute atomic E-state index is 0.114. The summed E-state index contributed by atoms with van der Waals surface area (Å²) in [4.78, 5) is 0.286. The van der Waals surface area contributed by atoms with Gasteiger partial charge in [0.25, 0.3) is 0 Å². The first-order chi connectivity index (χ1) is 11.6. The molecule has 0 aliphatic rings. The molecule has 138 valence electrons. The van der Waals surface area contributed by atoms with E-state index < -0.39 is 10.0 Å². The van der Waals surface area contributed by atoms with E-state index in [2.05, 4.69) is 22.0 Å². The monoisotopic (exact) mass is 363 g/mol. The normalized spacial score (nSPS) is 12.7. The first-order valence-electron chi connectivity index (χ1n) is 8.74. The molecular weight excluding hydrogens is 334 g/mol. The van der Waals surface area contributed by atoms with E-state index in [1.807, 2.05) is 52.8 Å². The number of nitrogens with one attached hydrogen (secondary N) is 1. The molecule has 6 heteroatoms. The molecule has 0 fully saturated rings. The SMILES string of the molecule is CC(C)n1cc(S(=O)(=O)NCCCc2ccccc2)c(C(C)(C)C)n1. The van der Waals surface area contributed by atoms with E-state index in [0.29, 0.717) is 12.2 Å². The number of sulfonamides is 1. The highest BCUT2D eigenvalue weighted by Crippen LogP contribution is 2.28. The largest absolute Gasteiger partial charge is 0.269 e. The number of hydrogen-bond acceptors (Lipinski definition) is 3. The lowest BCUT2D eigenvalue weighted by Crippen LogP contribution is -2.27. The van der Waals surface area contributed by atoms with Gasteiger partial charge in [0.1, 0.15) is 4.90 Å². The van der Waals surface area contributed by atoms with Gasteiger partial charge in [-0.2, -0.15) is 5.10 Å². The second kappa shape index (κ2) is 7.70. The lowest BCUT2D eigenvalue weighted by Gasteiger charge is -2.17. The van der Waals surface area contributed by atoms with Crippen LogP contribution in [0.3, 0.4) is 0 Å². The van der Waals surface area contributed by atoms with Gasteiger partial charge < -0.3 is 0 Å². The molecule has 1 aromatic carbocycles. The van der Waals surface area contributed by atoms with Gasteiger partial charge in [0.05, 0.1) is 5.69 Å². The van der Waals surface area contributed by atoms with Gasteiger partial charge >= 0.3 is 0 Å². The van der Waals surface area contributed by atoms with Crippen molar-refractivity contribution in [2.75, 3.05) is 6.54 Å². The first kappa shape index (κ1) is 19.7. The summed E-state index contributed by atoms with van der Waals surface area (Å²) >= 11 is 0. The van der Waals surface area contributed by atoms with Crippen molar-refractivity contribution in [1.82, 2.24) is 14.5 Å². The summed E-state index contributed by atoms with van der Waals surface area (Å²) in [6.45, 7) is 10.3. The van der Waals surface area contributed by atoms with Crippen molar-refractivity contribution in [1.29, 1.82) is 0 Å². The number of rotatable bonds is 7. The Kier molecular flexibility index (Phi) is 6.06. The summed E-state index contributed by atoms with van der Waals surface area (Å²) in [5.41, 5.74) is 1.48. The predicted octanol–water partition coefficient (Wildman–Crippen LogP) is 3.67. The average molecular weight is 364 g/mol. The summed E-state index contributed by atoms with van der Waals surface area (Å²) in [5.74, 6) is 0. The first-order valence-corrected chi connectivity index (χ1v) is 10.2. The van der Waals surface area contributed by atoms with Crippen LogP contribution in [0, 0.1) is 0 Å². The van der Waals surface area contributed by atoms with Crippen LogP contribution in [-0.4, -0.2) is 24.7 Å². The maximum Gasteiger partial charge on any atom is 0.243 e. The molecule has 1 N–H and O–H groups in total. The Balaban J connectivity index is 2.10. The summed E-state index contributed by atoms with van der Waals surface area (Å²) in [6, 6.07) is 10.2. The predicted molar refractivity (Wildman–Crippen MR) is 101 cm³/mol. The van der Waals surface area contributed by atoms with Gasteiger partial charge in [0, 0.05) is 24.2 Å². The van der Waals surface area contributed by atoms with Crippen LogP contribution in [0.4, 0.5) is 0 Å². The number of aryl methyl sites for hydroxylation is 1. The van der Waals surface area contributed by atoms with Crippen LogP contribution < -0.4 is 4.72 Å². The maximum atomic E-state index is 12.8. The number of hydrogen-bond donors (Lipinski definition) is 1. The highest BCUT2D eigenvalue weighted by molar-refractivity contribution is 7.89. The highest BCUT2D eigenvalue weighted by Gasteiger charge is 2.30.